The number of aryl methyl sites for hydroxylation is 2. The first-order valence-electron chi connectivity index (χ1n) is 10.0. The SMILES string of the molecule is Cc1noc(C)c1S(=O)(=O)N1CCC(Cn2nc(-c3ccc(F)cc3)ccc2=O)CC1. The summed E-state index contributed by atoms with van der Waals surface area (Å²) in [5.41, 5.74) is 1.43. The van der Waals surface area contributed by atoms with Crippen molar-refractivity contribution >= 4 is 10.0 Å². The lowest BCUT2D eigenvalue weighted by atomic mass is 9.98. The van der Waals surface area contributed by atoms with Crippen molar-refractivity contribution in [1.82, 2.24) is 19.2 Å². The highest BCUT2D eigenvalue weighted by molar-refractivity contribution is 7.89. The molecule has 10 heteroatoms. The van der Waals surface area contributed by atoms with Gasteiger partial charge in [0.2, 0.25) is 10.0 Å². The highest BCUT2D eigenvalue weighted by Crippen LogP contribution is 2.28. The summed E-state index contributed by atoms with van der Waals surface area (Å²) in [6.07, 6.45) is 1.22. The van der Waals surface area contributed by atoms with Crippen molar-refractivity contribution in [2.75, 3.05) is 13.1 Å². The number of aromatic nitrogens is 3. The van der Waals surface area contributed by atoms with Crippen molar-refractivity contribution in [3.8, 4) is 11.3 Å². The lowest BCUT2D eigenvalue weighted by Crippen LogP contribution is -2.40. The molecule has 1 saturated heterocycles. The van der Waals surface area contributed by atoms with E-state index in [2.05, 4.69) is 10.3 Å². The van der Waals surface area contributed by atoms with Crippen LogP contribution in [0.2, 0.25) is 0 Å². The van der Waals surface area contributed by atoms with Crippen LogP contribution in [0.1, 0.15) is 24.3 Å². The molecule has 31 heavy (non-hydrogen) atoms. The van der Waals surface area contributed by atoms with Crippen LogP contribution in [-0.2, 0) is 16.6 Å². The van der Waals surface area contributed by atoms with E-state index in [0.29, 0.717) is 43.9 Å². The molecule has 1 fully saturated rings. The van der Waals surface area contributed by atoms with Gasteiger partial charge < -0.3 is 4.52 Å². The third-order valence-electron chi connectivity index (χ3n) is 5.58. The Kier molecular flexibility index (Phi) is 5.76. The minimum Gasteiger partial charge on any atom is -0.360 e. The average Bonchev–Trinajstić information content (AvgIpc) is 3.09. The number of piperidine rings is 1. The van der Waals surface area contributed by atoms with Crippen LogP contribution in [0.3, 0.4) is 0 Å². The van der Waals surface area contributed by atoms with E-state index in [1.165, 1.54) is 27.2 Å². The van der Waals surface area contributed by atoms with Gasteiger partial charge >= 0.3 is 0 Å². The van der Waals surface area contributed by atoms with Gasteiger partial charge in [0.15, 0.2) is 5.76 Å². The van der Waals surface area contributed by atoms with Crippen LogP contribution in [0.5, 0.6) is 0 Å². The summed E-state index contributed by atoms with van der Waals surface area (Å²) in [7, 11) is -3.67. The zero-order chi connectivity index (χ0) is 22.2. The molecule has 0 radical (unpaired) electrons. The van der Waals surface area contributed by atoms with Crippen LogP contribution >= 0.6 is 0 Å². The van der Waals surface area contributed by atoms with Crippen molar-refractivity contribution < 1.29 is 17.3 Å². The summed E-state index contributed by atoms with van der Waals surface area (Å²) in [6.45, 7) is 4.30. The minimum absolute atomic E-state index is 0.116. The second-order valence-corrected chi connectivity index (χ2v) is 9.62. The molecular formula is C21H23FN4O4S. The normalized spacial score (nSPS) is 16.0. The number of hydrogen-bond donors (Lipinski definition) is 0. The van der Waals surface area contributed by atoms with Gasteiger partial charge in [-0.3, -0.25) is 4.79 Å². The molecule has 0 N–H and O–H groups in total. The second kappa shape index (κ2) is 8.35. The van der Waals surface area contributed by atoms with Crippen molar-refractivity contribution in [2.24, 2.45) is 5.92 Å². The van der Waals surface area contributed by atoms with E-state index in [0.717, 1.165) is 5.56 Å². The predicted octanol–water partition coefficient (Wildman–Crippen LogP) is 2.76. The van der Waals surface area contributed by atoms with Gasteiger partial charge in [-0.05, 0) is 62.9 Å². The smallest absolute Gasteiger partial charge is 0.266 e. The van der Waals surface area contributed by atoms with E-state index < -0.39 is 10.0 Å². The largest absolute Gasteiger partial charge is 0.360 e. The monoisotopic (exact) mass is 446 g/mol. The Balaban J connectivity index is 1.46. The Bertz CT molecular complexity index is 1220. The van der Waals surface area contributed by atoms with Gasteiger partial charge in [0, 0.05) is 31.3 Å². The molecule has 0 atom stereocenters. The molecule has 2 aromatic heterocycles. The van der Waals surface area contributed by atoms with Crippen molar-refractivity contribution in [1.29, 1.82) is 0 Å². The molecule has 1 aromatic carbocycles. The van der Waals surface area contributed by atoms with Gasteiger partial charge in [0.1, 0.15) is 16.4 Å². The molecule has 0 aliphatic carbocycles. The standard InChI is InChI=1S/C21H23FN4O4S/c1-14-21(15(2)30-24-14)31(28,29)25-11-9-16(10-12-25)13-26-20(27)8-7-19(23-26)17-3-5-18(22)6-4-17/h3-8,16H,9-13H2,1-2H3. The topological polar surface area (TPSA) is 98.3 Å². The summed E-state index contributed by atoms with van der Waals surface area (Å²) < 4.78 is 47.0. The van der Waals surface area contributed by atoms with Crippen LogP contribution in [-0.4, -0.2) is 40.7 Å². The fourth-order valence-electron chi connectivity index (χ4n) is 3.90. The van der Waals surface area contributed by atoms with Crippen molar-refractivity contribution in [3.63, 3.8) is 0 Å². The maximum Gasteiger partial charge on any atom is 0.266 e. The quantitative estimate of drug-likeness (QED) is 0.598. The summed E-state index contributed by atoms with van der Waals surface area (Å²) in [5, 5.41) is 8.17. The average molecular weight is 447 g/mol. The molecule has 3 aromatic rings. The first-order valence-corrected chi connectivity index (χ1v) is 11.5. The Hall–Kier alpha value is -2.85. The second-order valence-electron chi connectivity index (χ2n) is 7.75. The zero-order valence-corrected chi connectivity index (χ0v) is 18.1. The van der Waals surface area contributed by atoms with E-state index >= 15 is 0 Å². The lowest BCUT2D eigenvalue weighted by Gasteiger charge is -2.31. The summed E-state index contributed by atoms with van der Waals surface area (Å²) in [5.74, 6) is 0.0631. The Morgan fingerprint density at radius 3 is 2.39 bits per heavy atom. The van der Waals surface area contributed by atoms with Gasteiger partial charge in [0.05, 0.1) is 5.69 Å². The van der Waals surface area contributed by atoms with Gasteiger partial charge in [-0.1, -0.05) is 5.16 Å². The third kappa shape index (κ3) is 4.31. The Morgan fingerprint density at radius 1 is 1.10 bits per heavy atom. The third-order valence-corrected chi connectivity index (χ3v) is 7.72. The molecule has 0 unspecified atom stereocenters. The number of halogens is 1. The molecule has 0 bridgehead atoms. The molecule has 4 rings (SSSR count). The number of benzene rings is 1. The van der Waals surface area contributed by atoms with Gasteiger partial charge in [-0.25, -0.2) is 17.5 Å². The van der Waals surface area contributed by atoms with Crippen molar-refractivity contribution in [2.45, 2.75) is 38.1 Å². The van der Waals surface area contributed by atoms with Crippen LogP contribution < -0.4 is 5.56 Å². The first kappa shape index (κ1) is 21.4. The number of sulfonamides is 1. The fourth-order valence-corrected chi connectivity index (χ4v) is 5.66. The predicted molar refractivity (Wildman–Crippen MR) is 111 cm³/mol. The Labute approximate surface area is 179 Å². The summed E-state index contributed by atoms with van der Waals surface area (Å²) >= 11 is 0. The number of rotatable bonds is 5. The zero-order valence-electron chi connectivity index (χ0n) is 17.3. The van der Waals surface area contributed by atoms with E-state index in [4.69, 9.17) is 4.52 Å². The highest BCUT2D eigenvalue weighted by atomic mass is 32.2. The highest BCUT2D eigenvalue weighted by Gasteiger charge is 2.34. The number of hydrogen-bond acceptors (Lipinski definition) is 6. The molecule has 1 aliphatic rings. The van der Waals surface area contributed by atoms with Crippen LogP contribution in [0.25, 0.3) is 11.3 Å². The molecule has 0 amide bonds. The maximum absolute atomic E-state index is 13.2. The first-order chi connectivity index (χ1) is 14.8. The molecular weight excluding hydrogens is 423 g/mol. The van der Waals surface area contributed by atoms with E-state index in [9.17, 15) is 17.6 Å². The molecule has 1 aliphatic heterocycles. The van der Waals surface area contributed by atoms with Gasteiger partial charge in [-0.15, -0.1) is 0 Å². The van der Waals surface area contributed by atoms with Gasteiger partial charge in [-0.2, -0.15) is 9.40 Å². The van der Waals surface area contributed by atoms with E-state index in [-0.39, 0.29) is 28.0 Å². The van der Waals surface area contributed by atoms with E-state index in [1.807, 2.05) is 0 Å². The van der Waals surface area contributed by atoms with Crippen molar-refractivity contribution in [3.05, 3.63) is 64.0 Å². The fraction of sp³-hybridized carbons (Fsp3) is 0.381. The van der Waals surface area contributed by atoms with Crippen LogP contribution in [0.4, 0.5) is 4.39 Å². The molecule has 8 nitrogen and oxygen atoms in total. The van der Waals surface area contributed by atoms with Crippen LogP contribution in [0, 0.1) is 25.6 Å². The summed E-state index contributed by atoms with van der Waals surface area (Å²) in [6, 6.07) is 8.99. The van der Waals surface area contributed by atoms with E-state index in [1.54, 1.807) is 32.0 Å². The van der Waals surface area contributed by atoms with Gasteiger partial charge in [0.25, 0.3) is 5.56 Å². The molecule has 3 heterocycles. The molecule has 0 spiro atoms. The molecule has 164 valence electrons. The molecule has 0 saturated carbocycles. The summed E-state index contributed by atoms with van der Waals surface area (Å²) in [4.78, 5) is 12.4. The minimum atomic E-state index is -3.67. The lowest BCUT2D eigenvalue weighted by molar-refractivity contribution is 0.244. The number of nitrogens with zero attached hydrogens (tertiary/aromatic N) is 4. The van der Waals surface area contributed by atoms with Crippen LogP contribution in [0.15, 0.2) is 50.6 Å². The Morgan fingerprint density at radius 2 is 1.77 bits per heavy atom. The maximum atomic E-state index is 13.2.